The minimum Gasteiger partial charge on any atom is -0.404 e. The van der Waals surface area contributed by atoms with E-state index in [4.69, 9.17) is 13.6 Å². The first-order chi connectivity index (χ1) is 27.5. The van der Waals surface area contributed by atoms with Gasteiger partial charge in [-0.2, -0.15) is 0 Å². The molecule has 5 rings (SSSR count). The highest BCUT2D eigenvalue weighted by molar-refractivity contribution is 7.00. The van der Waals surface area contributed by atoms with Crippen molar-refractivity contribution in [2.75, 3.05) is 13.2 Å². The highest BCUT2D eigenvalue weighted by Gasteiger charge is 2.54. The largest absolute Gasteiger partial charge is 0.404 e. The van der Waals surface area contributed by atoms with Crippen LogP contribution in [0.4, 0.5) is 0 Å². The van der Waals surface area contributed by atoms with Gasteiger partial charge >= 0.3 is 0 Å². The van der Waals surface area contributed by atoms with Crippen molar-refractivity contribution in [1.29, 1.82) is 0 Å². The normalized spacial score (nSPS) is 20.3. The summed E-state index contributed by atoms with van der Waals surface area (Å²) < 4.78 is 22.5. The molecule has 1 saturated heterocycles. The summed E-state index contributed by atoms with van der Waals surface area (Å²) in [6.45, 7) is 23.9. The number of hydrogen-bond donors (Lipinski definition) is 1. The summed E-state index contributed by atoms with van der Waals surface area (Å²) in [5, 5.41) is 15.9. The molecule has 1 heterocycles. The highest BCUT2D eigenvalue weighted by Crippen LogP contribution is 2.43. The minimum atomic E-state index is -2.88. The Bertz CT molecular complexity index is 1800. The van der Waals surface area contributed by atoms with E-state index in [9.17, 15) is 5.11 Å². The number of aliphatic hydroxyl groups is 1. The third kappa shape index (κ3) is 10.5. The summed E-state index contributed by atoms with van der Waals surface area (Å²) in [6.07, 6.45) is 10.2. The molecule has 58 heavy (non-hydrogen) atoms. The van der Waals surface area contributed by atoms with Gasteiger partial charge in [-0.05, 0) is 80.8 Å². The minimum absolute atomic E-state index is 0.100. The second kappa shape index (κ2) is 19.8. The Morgan fingerprint density at radius 1 is 0.707 bits per heavy atom. The van der Waals surface area contributed by atoms with Crippen LogP contribution in [-0.2, 0) is 13.6 Å². The summed E-state index contributed by atoms with van der Waals surface area (Å²) in [5.74, 6) is 0.561. The van der Waals surface area contributed by atoms with Crippen LogP contribution in [0.15, 0.2) is 145 Å². The number of ether oxygens (including phenoxy) is 1. The maximum Gasteiger partial charge on any atom is 0.261 e. The molecule has 1 N–H and O–H groups in total. The van der Waals surface area contributed by atoms with Crippen molar-refractivity contribution in [2.24, 2.45) is 11.8 Å². The lowest BCUT2D eigenvalue weighted by Crippen LogP contribution is -2.69. The maximum absolute atomic E-state index is 11.0. The molecule has 4 atom stereocenters. The van der Waals surface area contributed by atoms with Crippen LogP contribution < -0.4 is 20.7 Å². The molecule has 0 aromatic heterocycles. The molecule has 4 nitrogen and oxygen atoms in total. The molecule has 0 bridgehead atoms. The first-order valence-electron chi connectivity index (χ1n) is 21.8. The third-order valence-electron chi connectivity index (χ3n) is 12.4. The molecular formula is C52H72O4Si2. The zero-order valence-corrected chi connectivity index (χ0v) is 39.2. The van der Waals surface area contributed by atoms with E-state index in [0.29, 0.717) is 19.1 Å². The first-order valence-corrected chi connectivity index (χ1v) is 25.6. The molecule has 0 aliphatic carbocycles. The van der Waals surface area contributed by atoms with E-state index in [1.807, 2.05) is 6.08 Å². The monoisotopic (exact) mass is 816 g/mol. The fourth-order valence-electron chi connectivity index (χ4n) is 9.04. The van der Waals surface area contributed by atoms with Crippen molar-refractivity contribution in [2.45, 2.75) is 129 Å². The van der Waals surface area contributed by atoms with Crippen LogP contribution >= 0.6 is 0 Å². The lowest BCUT2D eigenvalue weighted by Gasteiger charge is -2.48. The fraction of sp³-hybridized carbons (Fsp3) is 0.462. The van der Waals surface area contributed by atoms with Crippen molar-refractivity contribution < 1.29 is 18.7 Å². The molecule has 1 aliphatic heterocycles. The van der Waals surface area contributed by atoms with Crippen molar-refractivity contribution in [1.82, 2.24) is 0 Å². The molecule has 0 radical (unpaired) electrons. The van der Waals surface area contributed by atoms with Gasteiger partial charge in [0.2, 0.25) is 0 Å². The fourth-order valence-corrected chi connectivity index (χ4v) is 18.3. The second-order valence-corrected chi connectivity index (χ2v) is 27.8. The summed E-state index contributed by atoms with van der Waals surface area (Å²) in [6, 6.07) is 43.7. The summed E-state index contributed by atoms with van der Waals surface area (Å²) in [4.78, 5) is 0. The van der Waals surface area contributed by atoms with E-state index in [1.165, 1.54) is 26.3 Å². The van der Waals surface area contributed by atoms with Gasteiger partial charge in [-0.1, -0.05) is 208 Å². The van der Waals surface area contributed by atoms with Crippen molar-refractivity contribution >= 4 is 37.4 Å². The van der Waals surface area contributed by atoms with Crippen LogP contribution in [0.5, 0.6) is 0 Å². The van der Waals surface area contributed by atoms with Crippen LogP contribution in [-0.4, -0.2) is 52.8 Å². The smallest absolute Gasteiger partial charge is 0.261 e. The Kier molecular flexibility index (Phi) is 15.6. The van der Waals surface area contributed by atoms with Crippen molar-refractivity contribution in [3.05, 3.63) is 145 Å². The Morgan fingerprint density at radius 2 is 1.16 bits per heavy atom. The van der Waals surface area contributed by atoms with E-state index in [-0.39, 0.29) is 22.1 Å². The van der Waals surface area contributed by atoms with Crippen LogP contribution in [0.3, 0.4) is 0 Å². The number of aliphatic hydroxyl groups excluding tert-OH is 1. The van der Waals surface area contributed by atoms with Gasteiger partial charge in [0.1, 0.15) is 0 Å². The van der Waals surface area contributed by atoms with Crippen LogP contribution in [0.25, 0.3) is 0 Å². The molecule has 0 amide bonds. The third-order valence-corrected chi connectivity index (χ3v) is 22.5. The van der Waals surface area contributed by atoms with Gasteiger partial charge in [0.25, 0.3) is 16.6 Å². The standard InChI is InChI=1S/C52H72O4Si2/c1-41(2)33-35-48(53)42(3)24-23-38-52(10)49(56-58(51(7,8)9,46-29-19-13-20-30-46)47-31-21-14-22-32-47)36-34-43(40-54-52)37-39-55-57(50(4,5)6,44-25-15-11-16-26-44)45-27-17-12-18-28-45/h11-22,25-33,35,37,41-42,48-49,53H,23-24,34,36,38-40H2,1-10H3/t42?,48?,49-,52+/m1/s1. The van der Waals surface area contributed by atoms with Gasteiger partial charge in [0.15, 0.2) is 0 Å². The Morgan fingerprint density at radius 3 is 1.59 bits per heavy atom. The molecule has 312 valence electrons. The summed E-state index contributed by atoms with van der Waals surface area (Å²) in [5.41, 5.74) is 0.722. The summed E-state index contributed by atoms with van der Waals surface area (Å²) in [7, 11) is -5.58. The van der Waals surface area contributed by atoms with E-state index in [0.717, 1.165) is 32.1 Å². The second-order valence-electron chi connectivity index (χ2n) is 19.2. The van der Waals surface area contributed by atoms with Gasteiger partial charge in [0.05, 0.1) is 31.0 Å². The number of hydrogen-bond acceptors (Lipinski definition) is 4. The van der Waals surface area contributed by atoms with Gasteiger partial charge in [-0.25, -0.2) is 0 Å². The molecule has 2 unspecified atom stereocenters. The average Bonchev–Trinajstić information content (AvgIpc) is 3.35. The van der Waals surface area contributed by atoms with Crippen LogP contribution in [0.1, 0.15) is 101 Å². The van der Waals surface area contributed by atoms with E-state index < -0.39 is 28.3 Å². The van der Waals surface area contributed by atoms with E-state index in [1.54, 1.807) is 0 Å². The number of benzene rings is 4. The lowest BCUT2D eigenvalue weighted by atomic mass is 9.87. The van der Waals surface area contributed by atoms with Gasteiger partial charge in [-0.15, -0.1) is 0 Å². The molecule has 0 saturated carbocycles. The molecule has 4 aromatic rings. The average molecular weight is 817 g/mol. The molecule has 4 aromatic carbocycles. The van der Waals surface area contributed by atoms with Crippen LogP contribution in [0.2, 0.25) is 10.1 Å². The number of allylic oxidation sites excluding steroid dienone is 1. The number of rotatable bonds is 16. The summed E-state index contributed by atoms with van der Waals surface area (Å²) >= 11 is 0. The topological polar surface area (TPSA) is 47.9 Å². The Labute approximate surface area is 354 Å². The van der Waals surface area contributed by atoms with E-state index in [2.05, 4.69) is 203 Å². The van der Waals surface area contributed by atoms with Gasteiger partial charge < -0.3 is 18.7 Å². The van der Waals surface area contributed by atoms with Crippen molar-refractivity contribution in [3.63, 3.8) is 0 Å². The van der Waals surface area contributed by atoms with Gasteiger partial charge in [-0.3, -0.25) is 0 Å². The lowest BCUT2D eigenvalue weighted by molar-refractivity contribution is -0.0981. The zero-order valence-electron chi connectivity index (χ0n) is 37.2. The molecule has 1 fully saturated rings. The quantitative estimate of drug-likeness (QED) is 0.0904. The van der Waals surface area contributed by atoms with Gasteiger partial charge in [0, 0.05) is 0 Å². The van der Waals surface area contributed by atoms with E-state index >= 15 is 0 Å². The first kappa shape index (κ1) is 45.7. The Hall–Kier alpha value is -3.37. The van der Waals surface area contributed by atoms with Crippen molar-refractivity contribution in [3.8, 4) is 0 Å². The molecule has 6 heteroatoms. The SMILES string of the molecule is CC(C)C=CC(O)C(C)CCC[C@]1(C)OCC(=CCO[Si](c2ccccc2)(c2ccccc2)C(C)(C)C)CC[C@H]1O[Si](c1ccccc1)(c1ccccc1)C(C)(C)C. The highest BCUT2D eigenvalue weighted by atomic mass is 28.4. The molecule has 1 aliphatic rings. The molecular weight excluding hydrogens is 745 g/mol. The van der Waals surface area contributed by atoms with Crippen LogP contribution in [0, 0.1) is 11.8 Å². The zero-order chi connectivity index (χ0) is 42.0. The molecule has 0 spiro atoms. The predicted octanol–water partition coefficient (Wildman–Crippen LogP) is 10.4. The predicted molar refractivity (Wildman–Crippen MR) is 251 cm³/mol. The maximum atomic E-state index is 11.0. The Balaban J connectivity index is 1.50.